The Morgan fingerprint density at radius 2 is 2.19 bits per heavy atom. The van der Waals surface area contributed by atoms with Crippen molar-refractivity contribution < 1.29 is 23.1 Å². The third-order valence-electron chi connectivity index (χ3n) is 3.95. The molecular weight excluding hydrogens is 294 g/mol. The van der Waals surface area contributed by atoms with Crippen molar-refractivity contribution in [2.24, 2.45) is 5.92 Å². The van der Waals surface area contributed by atoms with Crippen molar-refractivity contribution >= 4 is 15.7 Å². The summed E-state index contributed by atoms with van der Waals surface area (Å²) in [5.74, 6) is 0.0374. The lowest BCUT2D eigenvalue weighted by Gasteiger charge is -2.18. The second-order valence-corrected chi connectivity index (χ2v) is 7.70. The second-order valence-electron chi connectivity index (χ2n) is 5.47. The maximum atomic E-state index is 11.9. The molecule has 2 unspecified atom stereocenters. The number of rotatable bonds is 2. The Morgan fingerprint density at radius 1 is 1.38 bits per heavy atom. The molecule has 0 spiro atoms. The zero-order chi connectivity index (χ0) is 15.0. The summed E-state index contributed by atoms with van der Waals surface area (Å²) in [5.41, 5.74) is 0.932. The third-order valence-corrected chi connectivity index (χ3v) is 5.74. The van der Waals surface area contributed by atoms with Crippen LogP contribution in [0.15, 0.2) is 18.2 Å². The maximum Gasteiger partial charge on any atom is 0.255 e. The van der Waals surface area contributed by atoms with E-state index in [9.17, 15) is 18.3 Å². The van der Waals surface area contributed by atoms with Crippen molar-refractivity contribution in [1.82, 2.24) is 5.32 Å². The fraction of sp³-hybridized carbons (Fsp3) is 0.500. The van der Waals surface area contributed by atoms with Crippen molar-refractivity contribution in [1.29, 1.82) is 0 Å². The van der Waals surface area contributed by atoms with Gasteiger partial charge in [0, 0.05) is 5.92 Å². The molecule has 0 bridgehead atoms. The van der Waals surface area contributed by atoms with Crippen LogP contribution in [0.25, 0.3) is 0 Å². The highest BCUT2D eigenvalue weighted by molar-refractivity contribution is 7.91. The Bertz CT molecular complexity index is 670. The van der Waals surface area contributed by atoms with E-state index >= 15 is 0 Å². The van der Waals surface area contributed by atoms with Gasteiger partial charge in [0.2, 0.25) is 0 Å². The summed E-state index contributed by atoms with van der Waals surface area (Å²) in [6.07, 6.45) is -0.438. The standard InChI is InChI=1S/C14H17NO5S/c16-13(10-3-6-21(18,19)8-10)9-1-2-12-11(7-9)14(17)15-4-5-20-12/h1-2,7,10,13,16H,3-6,8H2,(H,15,17). The Hall–Kier alpha value is -1.60. The Balaban J connectivity index is 1.88. The summed E-state index contributed by atoms with van der Waals surface area (Å²) >= 11 is 0. The quantitative estimate of drug-likeness (QED) is 0.818. The van der Waals surface area contributed by atoms with Crippen LogP contribution in [0.4, 0.5) is 0 Å². The average Bonchev–Trinajstić information content (AvgIpc) is 2.72. The van der Waals surface area contributed by atoms with E-state index in [1.54, 1.807) is 18.2 Å². The zero-order valence-corrected chi connectivity index (χ0v) is 12.2. The van der Waals surface area contributed by atoms with Crippen LogP contribution in [0.1, 0.15) is 28.4 Å². The van der Waals surface area contributed by atoms with E-state index in [0.717, 1.165) is 0 Å². The first-order chi connectivity index (χ1) is 9.96. The van der Waals surface area contributed by atoms with Crippen LogP contribution in [-0.2, 0) is 9.84 Å². The Labute approximate surface area is 123 Å². The number of amides is 1. The molecule has 7 heteroatoms. The van der Waals surface area contributed by atoms with Crippen molar-refractivity contribution in [2.45, 2.75) is 12.5 Å². The summed E-state index contributed by atoms with van der Waals surface area (Å²) in [5, 5.41) is 13.1. The van der Waals surface area contributed by atoms with Gasteiger partial charge in [0.1, 0.15) is 12.4 Å². The van der Waals surface area contributed by atoms with E-state index in [-0.39, 0.29) is 23.3 Å². The molecule has 0 aliphatic carbocycles. The molecule has 21 heavy (non-hydrogen) atoms. The van der Waals surface area contributed by atoms with Gasteiger partial charge in [-0.2, -0.15) is 0 Å². The van der Waals surface area contributed by atoms with E-state index in [1.165, 1.54) is 0 Å². The highest BCUT2D eigenvalue weighted by Crippen LogP contribution is 2.33. The molecule has 1 saturated heterocycles. The minimum atomic E-state index is -3.05. The smallest absolute Gasteiger partial charge is 0.255 e. The molecule has 0 radical (unpaired) electrons. The molecule has 1 amide bonds. The monoisotopic (exact) mass is 311 g/mol. The SMILES string of the molecule is O=C1NCCOc2ccc(C(O)C3CCS(=O)(=O)C3)cc21. The fourth-order valence-corrected chi connectivity index (χ4v) is 4.63. The van der Waals surface area contributed by atoms with Gasteiger partial charge in [-0.1, -0.05) is 6.07 Å². The highest BCUT2D eigenvalue weighted by atomic mass is 32.2. The summed E-state index contributed by atoms with van der Waals surface area (Å²) in [7, 11) is -3.05. The topological polar surface area (TPSA) is 92.7 Å². The van der Waals surface area contributed by atoms with Gasteiger partial charge in [0.25, 0.3) is 5.91 Å². The highest BCUT2D eigenvalue weighted by Gasteiger charge is 2.34. The number of benzene rings is 1. The van der Waals surface area contributed by atoms with Crippen LogP contribution in [0, 0.1) is 5.92 Å². The first-order valence-corrected chi connectivity index (χ1v) is 8.72. The molecule has 2 atom stereocenters. The molecule has 2 heterocycles. The van der Waals surface area contributed by atoms with Gasteiger partial charge in [0.15, 0.2) is 9.84 Å². The largest absolute Gasteiger partial charge is 0.491 e. The molecular formula is C14H17NO5S. The van der Waals surface area contributed by atoms with Crippen LogP contribution in [0.5, 0.6) is 5.75 Å². The third kappa shape index (κ3) is 2.89. The predicted octanol–water partition coefficient (Wildman–Crippen LogP) is 0.277. The van der Waals surface area contributed by atoms with Crippen molar-refractivity contribution in [3.05, 3.63) is 29.3 Å². The molecule has 1 aromatic carbocycles. The van der Waals surface area contributed by atoms with Crippen LogP contribution >= 0.6 is 0 Å². The van der Waals surface area contributed by atoms with Gasteiger partial charge in [-0.25, -0.2) is 8.42 Å². The summed E-state index contributed by atoms with van der Waals surface area (Å²) in [6.45, 7) is 0.841. The minimum Gasteiger partial charge on any atom is -0.491 e. The number of hydrogen-bond acceptors (Lipinski definition) is 5. The van der Waals surface area contributed by atoms with Gasteiger partial charge >= 0.3 is 0 Å². The summed E-state index contributed by atoms with van der Waals surface area (Å²) in [6, 6.07) is 4.93. The number of hydrogen-bond donors (Lipinski definition) is 2. The molecule has 2 aliphatic heterocycles. The molecule has 0 saturated carbocycles. The number of fused-ring (bicyclic) bond motifs is 1. The molecule has 0 aromatic heterocycles. The number of sulfone groups is 1. The van der Waals surface area contributed by atoms with Crippen molar-refractivity contribution in [3.63, 3.8) is 0 Å². The molecule has 1 aromatic rings. The number of carbonyl (C=O) groups excluding carboxylic acids is 1. The normalized spacial score (nSPS) is 25.4. The van der Waals surface area contributed by atoms with Gasteiger partial charge in [-0.15, -0.1) is 0 Å². The fourth-order valence-electron chi connectivity index (χ4n) is 2.80. The van der Waals surface area contributed by atoms with E-state index < -0.39 is 15.9 Å². The van der Waals surface area contributed by atoms with Crippen LogP contribution in [0.3, 0.4) is 0 Å². The number of aliphatic hydroxyl groups excluding tert-OH is 1. The van der Waals surface area contributed by atoms with Crippen LogP contribution in [0.2, 0.25) is 0 Å². The first-order valence-electron chi connectivity index (χ1n) is 6.90. The number of aliphatic hydroxyl groups is 1. The molecule has 1 fully saturated rings. The van der Waals surface area contributed by atoms with Gasteiger partial charge in [0.05, 0.1) is 29.7 Å². The molecule has 114 valence electrons. The summed E-state index contributed by atoms with van der Waals surface area (Å²) in [4.78, 5) is 11.9. The van der Waals surface area contributed by atoms with E-state index in [0.29, 0.717) is 36.4 Å². The lowest BCUT2D eigenvalue weighted by Crippen LogP contribution is -2.24. The van der Waals surface area contributed by atoms with E-state index in [4.69, 9.17) is 4.74 Å². The number of ether oxygens (including phenoxy) is 1. The number of nitrogens with one attached hydrogen (secondary N) is 1. The maximum absolute atomic E-state index is 11.9. The van der Waals surface area contributed by atoms with E-state index in [1.807, 2.05) is 0 Å². The van der Waals surface area contributed by atoms with Crippen molar-refractivity contribution in [2.75, 3.05) is 24.7 Å². The Kier molecular flexibility index (Phi) is 3.62. The lowest BCUT2D eigenvalue weighted by molar-refractivity contribution is 0.0956. The minimum absolute atomic E-state index is 0.00600. The second kappa shape index (κ2) is 5.31. The van der Waals surface area contributed by atoms with Gasteiger partial charge in [-0.05, 0) is 24.1 Å². The zero-order valence-electron chi connectivity index (χ0n) is 11.4. The van der Waals surface area contributed by atoms with E-state index in [2.05, 4.69) is 5.32 Å². The molecule has 2 aliphatic rings. The summed E-state index contributed by atoms with van der Waals surface area (Å²) < 4.78 is 28.5. The Morgan fingerprint density at radius 3 is 2.90 bits per heavy atom. The van der Waals surface area contributed by atoms with Crippen LogP contribution < -0.4 is 10.1 Å². The first kappa shape index (κ1) is 14.3. The molecule has 2 N–H and O–H groups in total. The predicted molar refractivity (Wildman–Crippen MR) is 76.0 cm³/mol. The number of carbonyl (C=O) groups is 1. The molecule has 3 rings (SSSR count). The van der Waals surface area contributed by atoms with Crippen molar-refractivity contribution in [3.8, 4) is 5.75 Å². The lowest BCUT2D eigenvalue weighted by atomic mass is 9.94. The van der Waals surface area contributed by atoms with Gasteiger partial charge < -0.3 is 15.2 Å². The molecule has 6 nitrogen and oxygen atoms in total. The van der Waals surface area contributed by atoms with Crippen LogP contribution in [-0.4, -0.2) is 44.1 Å². The van der Waals surface area contributed by atoms with Gasteiger partial charge in [-0.3, -0.25) is 4.79 Å². The average molecular weight is 311 g/mol.